The first kappa shape index (κ1) is 28.7. The Kier molecular flexibility index (Phi) is 9.21. The van der Waals surface area contributed by atoms with Gasteiger partial charge in [0.15, 0.2) is 0 Å². The molecule has 3 aliphatic rings. The average Bonchev–Trinajstić information content (AvgIpc) is 3.62. The number of piperidine rings is 1. The second-order valence-corrected chi connectivity index (χ2v) is 12.0. The minimum Gasteiger partial charge on any atom is -0.497 e. The third-order valence-electron chi connectivity index (χ3n) is 8.41. The van der Waals surface area contributed by atoms with Gasteiger partial charge in [-0.2, -0.15) is 0 Å². The van der Waals surface area contributed by atoms with Gasteiger partial charge in [-0.05, 0) is 87.9 Å². The van der Waals surface area contributed by atoms with Crippen LogP contribution >= 0.6 is 11.6 Å². The number of nitrogens with zero attached hydrogens (tertiary/aromatic N) is 4. The second-order valence-electron chi connectivity index (χ2n) is 11.6. The van der Waals surface area contributed by atoms with Crippen LogP contribution < -0.4 is 9.47 Å². The van der Waals surface area contributed by atoms with Gasteiger partial charge in [0, 0.05) is 30.2 Å². The number of amides is 2. The summed E-state index contributed by atoms with van der Waals surface area (Å²) < 4.78 is 11.6. The number of likely N-dealkylation sites (tertiary alicyclic amines) is 2. The molecule has 0 saturated carbocycles. The molecule has 7 nitrogen and oxygen atoms in total. The Morgan fingerprint density at radius 2 is 1.75 bits per heavy atom. The van der Waals surface area contributed by atoms with E-state index >= 15 is 0 Å². The highest BCUT2D eigenvalue weighted by atomic mass is 35.5. The van der Waals surface area contributed by atoms with Crippen molar-refractivity contribution in [3.8, 4) is 11.5 Å². The lowest BCUT2D eigenvalue weighted by Crippen LogP contribution is -2.52. The monoisotopic (exact) mass is 566 g/mol. The quantitative estimate of drug-likeness (QED) is 0.359. The molecule has 3 aliphatic heterocycles. The predicted molar refractivity (Wildman–Crippen MR) is 161 cm³/mol. The number of hydrogen-bond acceptors (Lipinski definition) is 5. The van der Waals surface area contributed by atoms with Crippen LogP contribution in [0.4, 0.5) is 4.79 Å². The lowest BCUT2D eigenvalue weighted by molar-refractivity contribution is 0.117. The van der Waals surface area contributed by atoms with Gasteiger partial charge in [-0.25, -0.2) is 4.79 Å². The van der Waals surface area contributed by atoms with Crippen molar-refractivity contribution in [2.24, 2.45) is 10.9 Å². The van der Waals surface area contributed by atoms with E-state index in [4.69, 9.17) is 26.1 Å². The maximum absolute atomic E-state index is 14.6. The molecule has 40 heavy (non-hydrogen) atoms. The zero-order valence-corrected chi connectivity index (χ0v) is 25.1. The number of amidine groups is 1. The van der Waals surface area contributed by atoms with Crippen molar-refractivity contribution in [1.29, 1.82) is 0 Å². The third kappa shape index (κ3) is 6.10. The van der Waals surface area contributed by atoms with Crippen LogP contribution in [-0.4, -0.2) is 78.5 Å². The normalized spacial score (nSPS) is 22.2. The first-order chi connectivity index (χ1) is 19.4. The summed E-state index contributed by atoms with van der Waals surface area (Å²) in [5.74, 6) is 2.47. The van der Waals surface area contributed by atoms with Crippen molar-refractivity contribution in [1.82, 2.24) is 14.7 Å². The lowest BCUT2D eigenvalue weighted by Gasteiger charge is -2.40. The number of hydrogen-bond donors (Lipinski definition) is 0. The van der Waals surface area contributed by atoms with Gasteiger partial charge < -0.3 is 19.3 Å². The van der Waals surface area contributed by atoms with Crippen molar-refractivity contribution in [3.63, 3.8) is 0 Å². The number of aliphatic imine (C=N–C) groups is 1. The molecule has 216 valence electrons. The van der Waals surface area contributed by atoms with Crippen LogP contribution in [0.5, 0.6) is 11.5 Å². The fourth-order valence-corrected chi connectivity index (χ4v) is 6.60. The molecule has 3 heterocycles. The number of methoxy groups -OCH3 is 1. The van der Waals surface area contributed by atoms with Crippen molar-refractivity contribution >= 4 is 23.5 Å². The molecule has 2 unspecified atom stereocenters. The Balaban J connectivity index is 1.53. The van der Waals surface area contributed by atoms with Crippen LogP contribution in [0.3, 0.4) is 0 Å². The molecule has 2 atom stereocenters. The van der Waals surface area contributed by atoms with Gasteiger partial charge in [0.2, 0.25) is 0 Å². The fourth-order valence-electron chi connectivity index (χ4n) is 6.47. The summed E-state index contributed by atoms with van der Waals surface area (Å²) in [6.07, 6.45) is 5.46. The van der Waals surface area contributed by atoms with E-state index in [0.29, 0.717) is 40.9 Å². The van der Waals surface area contributed by atoms with Crippen molar-refractivity contribution < 1.29 is 14.3 Å². The number of carbonyl (C=O) groups excluding carboxylic acids is 1. The summed E-state index contributed by atoms with van der Waals surface area (Å²) in [6, 6.07) is 13.9. The highest BCUT2D eigenvalue weighted by molar-refractivity contribution is 6.30. The predicted octanol–water partition coefficient (Wildman–Crippen LogP) is 6.65. The van der Waals surface area contributed by atoms with Crippen LogP contribution in [0.25, 0.3) is 0 Å². The van der Waals surface area contributed by atoms with Gasteiger partial charge in [0.25, 0.3) is 0 Å². The summed E-state index contributed by atoms with van der Waals surface area (Å²) in [7, 11) is 1.65. The number of halogens is 1. The molecular formula is C32H43ClN4O3. The van der Waals surface area contributed by atoms with E-state index in [1.807, 2.05) is 59.2 Å². The maximum Gasteiger partial charge on any atom is 0.326 e. The van der Waals surface area contributed by atoms with Crippen LogP contribution in [0.15, 0.2) is 47.5 Å². The lowest BCUT2D eigenvalue weighted by atomic mass is 9.92. The summed E-state index contributed by atoms with van der Waals surface area (Å²) in [4.78, 5) is 26.4. The molecule has 2 fully saturated rings. The molecule has 0 bridgehead atoms. The number of rotatable bonds is 8. The molecule has 0 N–H and O–H groups in total. The second kappa shape index (κ2) is 12.8. The molecule has 0 radical (unpaired) electrons. The van der Waals surface area contributed by atoms with Gasteiger partial charge in [-0.3, -0.25) is 9.89 Å². The van der Waals surface area contributed by atoms with E-state index in [0.717, 1.165) is 43.5 Å². The maximum atomic E-state index is 14.6. The summed E-state index contributed by atoms with van der Waals surface area (Å²) in [5.41, 5.74) is 1.86. The summed E-state index contributed by atoms with van der Waals surface area (Å²) in [5, 5.41) is 0.680. The van der Waals surface area contributed by atoms with E-state index in [1.54, 1.807) is 7.11 Å². The van der Waals surface area contributed by atoms with Crippen LogP contribution in [0.1, 0.15) is 70.0 Å². The topological polar surface area (TPSA) is 57.6 Å². The summed E-state index contributed by atoms with van der Waals surface area (Å²) in [6.45, 7) is 10.8. The van der Waals surface area contributed by atoms with E-state index < -0.39 is 0 Å². The molecule has 0 spiro atoms. The van der Waals surface area contributed by atoms with Gasteiger partial charge in [-0.15, -0.1) is 0 Å². The van der Waals surface area contributed by atoms with Crippen LogP contribution in [-0.2, 0) is 0 Å². The van der Waals surface area contributed by atoms with Crippen molar-refractivity contribution in [3.05, 3.63) is 58.6 Å². The van der Waals surface area contributed by atoms with Crippen molar-refractivity contribution in [2.75, 3.05) is 39.9 Å². The third-order valence-corrected chi connectivity index (χ3v) is 8.66. The Morgan fingerprint density at radius 1 is 1.05 bits per heavy atom. The summed E-state index contributed by atoms with van der Waals surface area (Å²) >= 11 is 6.29. The minimum absolute atomic E-state index is 0.0168. The average molecular weight is 567 g/mol. The Bertz CT molecular complexity index is 1190. The molecule has 2 saturated heterocycles. The zero-order valence-electron chi connectivity index (χ0n) is 24.3. The van der Waals surface area contributed by atoms with Gasteiger partial charge >= 0.3 is 6.03 Å². The number of benzene rings is 2. The van der Waals surface area contributed by atoms with Gasteiger partial charge in [0.1, 0.15) is 17.3 Å². The Hall–Kier alpha value is -2.77. The van der Waals surface area contributed by atoms with Crippen LogP contribution in [0, 0.1) is 5.92 Å². The van der Waals surface area contributed by atoms with E-state index in [1.165, 1.54) is 25.9 Å². The van der Waals surface area contributed by atoms with Crippen molar-refractivity contribution in [2.45, 2.75) is 71.0 Å². The number of carbonyl (C=O) groups is 1. The molecular weight excluding hydrogens is 524 g/mol. The standard InChI is InChI=1S/C32H43ClN4O3/c1-5-40-29-21-26(39-4)12-13-27(29)31-34-28(20-22(2)3)30(23-8-10-24(33)11-9-23)37(31)32(38)36-18-14-25(15-19-36)35-16-6-7-17-35/h8-13,21-22,25,28,30H,5-7,14-20H2,1-4H3. The zero-order chi connectivity index (χ0) is 28.2. The van der Waals surface area contributed by atoms with Gasteiger partial charge in [-0.1, -0.05) is 37.6 Å². The van der Waals surface area contributed by atoms with E-state index in [-0.39, 0.29) is 18.1 Å². The molecule has 8 heteroatoms. The van der Waals surface area contributed by atoms with Gasteiger partial charge in [0.05, 0.1) is 31.4 Å². The minimum atomic E-state index is -0.227. The molecule has 2 amide bonds. The Labute approximate surface area is 244 Å². The molecule has 0 aliphatic carbocycles. The molecule has 2 aromatic carbocycles. The first-order valence-electron chi connectivity index (χ1n) is 14.9. The number of urea groups is 1. The van der Waals surface area contributed by atoms with E-state index in [9.17, 15) is 4.79 Å². The highest BCUT2D eigenvalue weighted by Crippen LogP contribution is 2.41. The Morgan fingerprint density at radius 3 is 2.38 bits per heavy atom. The highest BCUT2D eigenvalue weighted by Gasteiger charge is 2.44. The number of ether oxygens (including phenoxy) is 2. The van der Waals surface area contributed by atoms with E-state index in [2.05, 4.69) is 18.7 Å². The first-order valence-corrected chi connectivity index (χ1v) is 15.2. The molecule has 0 aromatic heterocycles. The molecule has 2 aromatic rings. The fraction of sp³-hybridized carbons (Fsp3) is 0.562. The SMILES string of the molecule is CCOc1cc(OC)ccc1C1=NC(CC(C)C)C(c2ccc(Cl)cc2)N1C(=O)N1CCC(N2CCCC2)CC1. The largest absolute Gasteiger partial charge is 0.497 e. The smallest absolute Gasteiger partial charge is 0.326 e. The van der Waals surface area contributed by atoms with Crippen LogP contribution in [0.2, 0.25) is 5.02 Å². The molecule has 5 rings (SSSR count).